The van der Waals surface area contributed by atoms with E-state index >= 15 is 0 Å². The molecule has 0 spiro atoms. The number of allylic oxidation sites excluding steroid dienone is 2. The zero-order valence-corrected chi connectivity index (χ0v) is 16.7. The lowest BCUT2D eigenvalue weighted by Crippen LogP contribution is -2.52. The summed E-state index contributed by atoms with van der Waals surface area (Å²) in [6, 6.07) is 2.75. The Balaban J connectivity index is 1.76. The summed E-state index contributed by atoms with van der Waals surface area (Å²) in [7, 11) is 0. The fourth-order valence-corrected chi connectivity index (χ4v) is 7.81. The van der Waals surface area contributed by atoms with Gasteiger partial charge in [0, 0.05) is 6.42 Å². The average Bonchev–Trinajstić information content (AvgIpc) is 2.87. The molecule has 0 amide bonds. The van der Waals surface area contributed by atoms with Crippen molar-refractivity contribution in [2.75, 3.05) is 0 Å². The molecule has 7 atom stereocenters. The lowest BCUT2D eigenvalue weighted by atomic mass is 9.46. The van der Waals surface area contributed by atoms with E-state index in [0.717, 1.165) is 38.5 Å². The first-order chi connectivity index (χ1) is 12.4. The van der Waals surface area contributed by atoms with E-state index in [-0.39, 0.29) is 10.8 Å². The van der Waals surface area contributed by atoms with E-state index in [1.807, 2.05) is 6.08 Å². The van der Waals surface area contributed by atoms with E-state index in [4.69, 9.17) is 0 Å². The highest BCUT2D eigenvalue weighted by Gasteiger charge is 2.65. The van der Waals surface area contributed by atoms with Crippen LogP contribution in [0, 0.1) is 51.8 Å². The number of carbonyl (C=O) groups is 1. The number of fused-ring (bicyclic) bond motifs is 5. The smallest absolute Gasteiger partial charge is 0.155 e. The summed E-state index contributed by atoms with van der Waals surface area (Å²) in [6.45, 7) is 11.3. The molecule has 4 aliphatic carbocycles. The van der Waals surface area contributed by atoms with Crippen LogP contribution in [-0.4, -0.2) is 5.78 Å². The molecule has 140 valence electrons. The van der Waals surface area contributed by atoms with Crippen LogP contribution in [0.1, 0.15) is 72.1 Å². The summed E-state index contributed by atoms with van der Waals surface area (Å²) in [5.41, 5.74) is 2.40. The Bertz CT molecular complexity index is 712. The first-order valence-electron chi connectivity index (χ1n) is 10.7. The van der Waals surface area contributed by atoms with Crippen LogP contribution in [0.4, 0.5) is 0 Å². The summed E-state index contributed by atoms with van der Waals surface area (Å²) < 4.78 is 0. The van der Waals surface area contributed by atoms with Crippen molar-refractivity contribution in [3.05, 3.63) is 23.8 Å². The van der Waals surface area contributed by atoms with Gasteiger partial charge < -0.3 is 0 Å². The first-order valence-corrected chi connectivity index (χ1v) is 10.7. The molecule has 0 aromatic carbocycles. The fourth-order valence-electron chi connectivity index (χ4n) is 7.81. The summed E-state index contributed by atoms with van der Waals surface area (Å²) in [6.07, 6.45) is 10.4. The van der Waals surface area contributed by atoms with Crippen molar-refractivity contribution in [1.82, 2.24) is 0 Å². The van der Waals surface area contributed by atoms with Gasteiger partial charge in [-0.05, 0) is 79.6 Å². The summed E-state index contributed by atoms with van der Waals surface area (Å²) in [5.74, 6) is 3.64. The molecule has 0 aromatic rings. The molecule has 2 heteroatoms. The Labute approximate surface area is 158 Å². The maximum atomic E-state index is 12.0. The van der Waals surface area contributed by atoms with Crippen LogP contribution in [-0.2, 0) is 4.79 Å². The van der Waals surface area contributed by atoms with Crippen LogP contribution in [0.15, 0.2) is 23.8 Å². The number of ketones is 1. The van der Waals surface area contributed by atoms with Crippen LogP contribution in [0.25, 0.3) is 0 Å². The van der Waals surface area contributed by atoms with Crippen molar-refractivity contribution < 1.29 is 4.79 Å². The molecule has 0 saturated heterocycles. The van der Waals surface area contributed by atoms with Gasteiger partial charge in [-0.3, -0.25) is 4.79 Å². The maximum Gasteiger partial charge on any atom is 0.155 e. The van der Waals surface area contributed by atoms with Crippen molar-refractivity contribution in [2.45, 2.75) is 72.1 Å². The largest absolute Gasteiger partial charge is 0.295 e. The van der Waals surface area contributed by atoms with Crippen LogP contribution in [0.5, 0.6) is 0 Å². The minimum Gasteiger partial charge on any atom is -0.295 e. The minimum atomic E-state index is -0.334. The van der Waals surface area contributed by atoms with Crippen molar-refractivity contribution in [2.24, 2.45) is 40.4 Å². The molecule has 3 saturated carbocycles. The predicted molar refractivity (Wildman–Crippen MR) is 104 cm³/mol. The van der Waals surface area contributed by atoms with Crippen molar-refractivity contribution >= 4 is 5.78 Å². The van der Waals surface area contributed by atoms with Gasteiger partial charge in [-0.2, -0.15) is 5.26 Å². The molecule has 0 aliphatic heterocycles. The summed E-state index contributed by atoms with van der Waals surface area (Å²) in [5, 5.41) is 10.2. The highest BCUT2D eigenvalue weighted by molar-refractivity contribution is 5.91. The van der Waals surface area contributed by atoms with Crippen LogP contribution in [0.2, 0.25) is 0 Å². The fraction of sp³-hybridized carbons (Fsp3) is 0.750. The van der Waals surface area contributed by atoms with Crippen molar-refractivity contribution in [1.29, 1.82) is 5.26 Å². The molecule has 0 heterocycles. The molecular formula is C24H33NO. The zero-order chi connectivity index (χ0) is 18.7. The lowest BCUT2D eigenvalue weighted by molar-refractivity contribution is -0.116. The van der Waals surface area contributed by atoms with Gasteiger partial charge in [-0.1, -0.05) is 44.9 Å². The second kappa shape index (κ2) is 6.08. The van der Waals surface area contributed by atoms with Gasteiger partial charge in [0.1, 0.15) is 0 Å². The molecule has 3 fully saturated rings. The lowest BCUT2D eigenvalue weighted by Gasteiger charge is -2.57. The van der Waals surface area contributed by atoms with Gasteiger partial charge >= 0.3 is 0 Å². The van der Waals surface area contributed by atoms with E-state index in [9.17, 15) is 10.1 Å². The molecule has 0 aromatic heterocycles. The molecule has 0 bridgehead atoms. The van der Waals surface area contributed by atoms with E-state index in [0.29, 0.717) is 35.4 Å². The minimum absolute atomic E-state index is 0.0773. The molecule has 4 aliphatic rings. The highest BCUT2D eigenvalue weighted by Crippen LogP contribution is 2.70. The van der Waals surface area contributed by atoms with Crippen molar-refractivity contribution in [3.8, 4) is 6.07 Å². The number of nitriles is 1. The first kappa shape index (κ1) is 18.0. The third-order valence-corrected chi connectivity index (χ3v) is 9.15. The molecule has 26 heavy (non-hydrogen) atoms. The Hall–Kier alpha value is -1.36. The second-order valence-corrected chi connectivity index (χ2v) is 9.69. The quantitative estimate of drug-likeness (QED) is 0.585. The predicted octanol–water partition coefficient (Wildman–Crippen LogP) is 5.85. The van der Waals surface area contributed by atoms with Gasteiger partial charge in [0.25, 0.3) is 0 Å². The Morgan fingerprint density at radius 3 is 2.73 bits per heavy atom. The molecule has 0 radical (unpaired) electrons. The number of hydrogen-bond acceptors (Lipinski definition) is 2. The average molecular weight is 352 g/mol. The van der Waals surface area contributed by atoms with Gasteiger partial charge in [0.15, 0.2) is 5.78 Å². The van der Waals surface area contributed by atoms with Gasteiger partial charge in [-0.25, -0.2) is 0 Å². The SMILES string of the molecule is C=C1C[C@H]2[C@@H]3C(CC)CC4=CC(=O)CC[C@@H]4[C@H]3CC[C@]2(C)[C@]1(C#N)CC. The van der Waals surface area contributed by atoms with E-state index in [1.54, 1.807) is 0 Å². The standard InChI is InChI=1S/C24H33NO/c1-5-16-12-17-13-18(26)7-8-19(17)20-9-10-23(4)21(22(16)20)11-15(3)24(23,6-2)14-25/h13,16,19-22H,3,5-12H2,1-2,4H3/t16?,19-,20+,21-,22+,23-,24-/m0/s1. The third kappa shape index (κ3) is 2.12. The number of nitrogens with zero attached hydrogens (tertiary/aromatic N) is 1. The van der Waals surface area contributed by atoms with E-state index < -0.39 is 0 Å². The molecule has 1 unspecified atom stereocenters. The second-order valence-electron chi connectivity index (χ2n) is 9.69. The van der Waals surface area contributed by atoms with Crippen molar-refractivity contribution in [3.63, 3.8) is 0 Å². The Morgan fingerprint density at radius 1 is 1.31 bits per heavy atom. The molecule has 4 rings (SSSR count). The summed E-state index contributed by atoms with van der Waals surface area (Å²) >= 11 is 0. The third-order valence-electron chi connectivity index (χ3n) is 9.15. The van der Waals surface area contributed by atoms with E-state index in [1.165, 1.54) is 24.0 Å². The monoisotopic (exact) mass is 351 g/mol. The number of carbonyl (C=O) groups excluding carboxylic acids is 1. The molecule has 0 N–H and O–H groups in total. The van der Waals surface area contributed by atoms with Gasteiger partial charge in [0.2, 0.25) is 0 Å². The van der Waals surface area contributed by atoms with E-state index in [2.05, 4.69) is 33.4 Å². The Kier molecular flexibility index (Phi) is 4.22. The normalized spacial score (nSPS) is 47.5. The van der Waals surface area contributed by atoms with Gasteiger partial charge in [0.05, 0.1) is 11.5 Å². The molecule has 2 nitrogen and oxygen atoms in total. The topological polar surface area (TPSA) is 40.9 Å². The highest BCUT2D eigenvalue weighted by atomic mass is 16.1. The zero-order valence-electron chi connectivity index (χ0n) is 16.7. The molecular weight excluding hydrogens is 318 g/mol. The summed E-state index contributed by atoms with van der Waals surface area (Å²) in [4.78, 5) is 12.0. The Morgan fingerprint density at radius 2 is 2.08 bits per heavy atom. The van der Waals surface area contributed by atoms with Crippen LogP contribution in [0.3, 0.4) is 0 Å². The van der Waals surface area contributed by atoms with Crippen LogP contribution >= 0.6 is 0 Å². The maximum absolute atomic E-state index is 12.0. The van der Waals surface area contributed by atoms with Crippen LogP contribution < -0.4 is 0 Å². The van der Waals surface area contributed by atoms with Gasteiger partial charge in [-0.15, -0.1) is 0 Å². The number of hydrogen-bond donors (Lipinski definition) is 0. The number of rotatable bonds is 2.